The Bertz CT molecular complexity index is 756. The summed E-state index contributed by atoms with van der Waals surface area (Å²) in [6.07, 6.45) is 2.83. The van der Waals surface area contributed by atoms with Gasteiger partial charge in [0, 0.05) is 41.4 Å². The maximum Gasteiger partial charge on any atom is 0.336 e. The Morgan fingerprint density at radius 2 is 2.00 bits per heavy atom. The number of allylic oxidation sites excluding steroid dienone is 2. The molecule has 0 saturated carbocycles. The molecule has 0 aliphatic carbocycles. The fourth-order valence-corrected chi connectivity index (χ4v) is 2.11. The number of carbonyl (C=O) groups excluding carboxylic acids is 1. The topological polar surface area (TPSA) is 59.3 Å². The lowest BCUT2D eigenvalue weighted by molar-refractivity contribution is -0.114. The Morgan fingerprint density at radius 1 is 1.24 bits per heavy atom. The number of hydrogen-bond donors (Lipinski definition) is 1. The van der Waals surface area contributed by atoms with E-state index in [1.807, 2.05) is 32.9 Å². The predicted octanol–water partition coefficient (Wildman–Crippen LogP) is 3.79. The minimum absolute atomic E-state index is 0.0857. The van der Waals surface area contributed by atoms with Crippen molar-refractivity contribution < 1.29 is 9.21 Å². The molecule has 1 N–H and O–H groups in total. The van der Waals surface area contributed by atoms with Crippen LogP contribution in [0.15, 0.2) is 45.3 Å². The van der Waals surface area contributed by atoms with Crippen molar-refractivity contribution in [2.45, 2.75) is 33.6 Å². The van der Waals surface area contributed by atoms with Gasteiger partial charge in [0.05, 0.1) is 0 Å². The third kappa shape index (κ3) is 3.60. The van der Waals surface area contributed by atoms with E-state index in [0.717, 1.165) is 28.8 Å². The molecule has 0 aliphatic rings. The van der Waals surface area contributed by atoms with Crippen LogP contribution in [0.3, 0.4) is 0 Å². The lowest BCUT2D eigenvalue weighted by Crippen LogP contribution is -2.03. The van der Waals surface area contributed by atoms with Crippen molar-refractivity contribution in [3.63, 3.8) is 0 Å². The van der Waals surface area contributed by atoms with E-state index in [2.05, 4.69) is 5.32 Å². The average molecular weight is 285 g/mol. The average Bonchev–Trinajstić information content (AvgIpc) is 2.45. The molecule has 2 aromatic rings. The molecule has 0 fully saturated rings. The number of carbonyl (C=O) groups is 1. The highest BCUT2D eigenvalue weighted by atomic mass is 16.4. The lowest BCUT2D eigenvalue weighted by atomic mass is 10.1. The fraction of sp³-hybridized carbons (Fsp3) is 0.294. The van der Waals surface area contributed by atoms with Gasteiger partial charge in [-0.2, -0.15) is 0 Å². The van der Waals surface area contributed by atoms with Gasteiger partial charge in [-0.15, -0.1) is 0 Å². The molecule has 21 heavy (non-hydrogen) atoms. The second-order valence-corrected chi connectivity index (χ2v) is 4.93. The molecular formula is C17H19NO3. The van der Waals surface area contributed by atoms with Crippen molar-refractivity contribution >= 4 is 22.4 Å². The zero-order valence-electron chi connectivity index (χ0n) is 12.5. The summed E-state index contributed by atoms with van der Waals surface area (Å²) in [5.41, 5.74) is 2.72. The second-order valence-electron chi connectivity index (χ2n) is 4.93. The highest BCUT2D eigenvalue weighted by molar-refractivity contribution is 5.90. The van der Waals surface area contributed by atoms with Crippen molar-refractivity contribution in [3.05, 3.63) is 52.0 Å². The standard InChI is InChI=1S/C17H19NO3/c1-4-12(9-14(19)5-2)18-13-6-7-15-11(3)8-17(20)21-16(15)10-13/h6-10,18H,4-5H2,1-3H3/b12-9-. The summed E-state index contributed by atoms with van der Waals surface area (Å²) in [7, 11) is 0. The van der Waals surface area contributed by atoms with E-state index in [1.165, 1.54) is 6.07 Å². The van der Waals surface area contributed by atoms with E-state index < -0.39 is 0 Å². The van der Waals surface area contributed by atoms with E-state index >= 15 is 0 Å². The Hall–Kier alpha value is -2.36. The van der Waals surface area contributed by atoms with E-state index in [4.69, 9.17) is 4.42 Å². The van der Waals surface area contributed by atoms with Crippen LogP contribution in [-0.2, 0) is 4.79 Å². The van der Waals surface area contributed by atoms with Crippen LogP contribution >= 0.6 is 0 Å². The Morgan fingerprint density at radius 3 is 2.67 bits per heavy atom. The molecular weight excluding hydrogens is 266 g/mol. The normalized spacial score (nSPS) is 11.7. The Kier molecular flexibility index (Phi) is 4.58. The third-order valence-electron chi connectivity index (χ3n) is 3.32. The van der Waals surface area contributed by atoms with Crippen LogP contribution in [0.5, 0.6) is 0 Å². The molecule has 0 amide bonds. The number of hydrogen-bond acceptors (Lipinski definition) is 4. The van der Waals surface area contributed by atoms with Gasteiger partial charge in [0.25, 0.3) is 0 Å². The Labute approximate surface area is 123 Å². The van der Waals surface area contributed by atoms with E-state index in [9.17, 15) is 9.59 Å². The lowest BCUT2D eigenvalue weighted by Gasteiger charge is -2.10. The number of fused-ring (bicyclic) bond motifs is 1. The van der Waals surface area contributed by atoms with Crippen LogP contribution in [0, 0.1) is 6.92 Å². The van der Waals surface area contributed by atoms with E-state index in [0.29, 0.717) is 12.0 Å². The van der Waals surface area contributed by atoms with Crippen molar-refractivity contribution in [3.8, 4) is 0 Å². The van der Waals surface area contributed by atoms with Crippen molar-refractivity contribution in [2.24, 2.45) is 0 Å². The quantitative estimate of drug-likeness (QED) is 0.670. The van der Waals surface area contributed by atoms with Gasteiger partial charge in [0.15, 0.2) is 5.78 Å². The largest absolute Gasteiger partial charge is 0.423 e. The monoisotopic (exact) mass is 285 g/mol. The number of ketones is 1. The molecule has 4 nitrogen and oxygen atoms in total. The van der Waals surface area contributed by atoms with Crippen molar-refractivity contribution in [2.75, 3.05) is 5.32 Å². The highest BCUT2D eigenvalue weighted by Gasteiger charge is 2.05. The maximum absolute atomic E-state index is 11.5. The van der Waals surface area contributed by atoms with Gasteiger partial charge in [-0.05, 0) is 31.0 Å². The zero-order valence-corrected chi connectivity index (χ0v) is 12.5. The summed E-state index contributed by atoms with van der Waals surface area (Å²) < 4.78 is 5.22. The summed E-state index contributed by atoms with van der Waals surface area (Å²) in [5.74, 6) is 0.0857. The number of aryl methyl sites for hydroxylation is 1. The van der Waals surface area contributed by atoms with E-state index in [1.54, 1.807) is 12.1 Å². The first kappa shape index (κ1) is 15.0. The summed E-state index contributed by atoms with van der Waals surface area (Å²) in [4.78, 5) is 22.9. The van der Waals surface area contributed by atoms with Gasteiger partial charge in [-0.1, -0.05) is 13.8 Å². The van der Waals surface area contributed by atoms with Crippen molar-refractivity contribution in [1.29, 1.82) is 0 Å². The van der Waals surface area contributed by atoms with Gasteiger partial charge in [-0.3, -0.25) is 4.79 Å². The minimum Gasteiger partial charge on any atom is -0.423 e. The molecule has 1 aromatic carbocycles. The summed E-state index contributed by atoms with van der Waals surface area (Å²) in [6.45, 7) is 5.69. The number of benzene rings is 1. The maximum atomic E-state index is 11.5. The molecule has 0 aliphatic heterocycles. The number of rotatable bonds is 5. The van der Waals surface area contributed by atoms with Gasteiger partial charge in [0.2, 0.25) is 0 Å². The number of anilines is 1. The van der Waals surface area contributed by atoms with Crippen LogP contribution in [0.25, 0.3) is 11.0 Å². The molecule has 2 rings (SSSR count). The SMILES string of the molecule is CCC(=O)/C=C(/CC)Nc1ccc2c(C)cc(=O)oc2c1. The zero-order chi connectivity index (χ0) is 15.4. The van der Waals surface area contributed by atoms with Crippen LogP contribution in [0.1, 0.15) is 32.3 Å². The molecule has 1 aromatic heterocycles. The molecule has 0 atom stereocenters. The highest BCUT2D eigenvalue weighted by Crippen LogP contribution is 2.22. The third-order valence-corrected chi connectivity index (χ3v) is 3.32. The van der Waals surface area contributed by atoms with Crippen LogP contribution in [-0.4, -0.2) is 5.78 Å². The van der Waals surface area contributed by atoms with Gasteiger partial charge >= 0.3 is 5.63 Å². The predicted molar refractivity (Wildman–Crippen MR) is 84.5 cm³/mol. The van der Waals surface area contributed by atoms with Crippen LogP contribution in [0.2, 0.25) is 0 Å². The van der Waals surface area contributed by atoms with E-state index in [-0.39, 0.29) is 11.4 Å². The molecule has 4 heteroatoms. The second kappa shape index (κ2) is 6.39. The van der Waals surface area contributed by atoms with Gasteiger partial charge < -0.3 is 9.73 Å². The summed E-state index contributed by atoms with van der Waals surface area (Å²) >= 11 is 0. The number of nitrogens with one attached hydrogen (secondary N) is 1. The van der Waals surface area contributed by atoms with Gasteiger partial charge in [0.1, 0.15) is 5.58 Å². The first-order valence-corrected chi connectivity index (χ1v) is 7.08. The molecule has 1 heterocycles. The first-order valence-electron chi connectivity index (χ1n) is 7.08. The van der Waals surface area contributed by atoms with Crippen molar-refractivity contribution in [1.82, 2.24) is 0 Å². The van der Waals surface area contributed by atoms with Gasteiger partial charge in [-0.25, -0.2) is 4.79 Å². The molecule has 0 radical (unpaired) electrons. The molecule has 0 bridgehead atoms. The summed E-state index contributed by atoms with van der Waals surface area (Å²) in [6, 6.07) is 7.08. The fourth-order valence-electron chi connectivity index (χ4n) is 2.11. The smallest absolute Gasteiger partial charge is 0.336 e. The molecule has 0 saturated heterocycles. The molecule has 0 spiro atoms. The Balaban J connectivity index is 2.37. The summed E-state index contributed by atoms with van der Waals surface area (Å²) in [5, 5.41) is 4.11. The molecule has 110 valence electrons. The first-order chi connectivity index (χ1) is 10.0. The minimum atomic E-state index is -0.357. The molecule has 0 unspecified atom stereocenters. The van der Waals surface area contributed by atoms with Crippen LogP contribution in [0.4, 0.5) is 5.69 Å². The van der Waals surface area contributed by atoms with Crippen LogP contribution < -0.4 is 10.9 Å².